The third-order valence-corrected chi connectivity index (χ3v) is 8.47. The van der Waals surface area contributed by atoms with E-state index in [1.807, 2.05) is 0 Å². The molecule has 9 heteroatoms. The maximum absolute atomic E-state index is 11.9. The van der Waals surface area contributed by atoms with E-state index in [9.17, 15) is 25.9 Å². The second-order valence-corrected chi connectivity index (χ2v) is 10.5. The number of benzene rings is 3. The van der Waals surface area contributed by atoms with Crippen LogP contribution in [0.15, 0.2) is 88.7 Å². The van der Waals surface area contributed by atoms with E-state index in [0.717, 1.165) is 0 Å². The smallest absolute Gasteiger partial charge is 0.282 e. The summed E-state index contributed by atoms with van der Waals surface area (Å²) >= 11 is 0. The van der Waals surface area contributed by atoms with Crippen LogP contribution in [0.2, 0.25) is 0 Å². The van der Waals surface area contributed by atoms with Gasteiger partial charge in [-0.15, -0.1) is 0 Å². The van der Waals surface area contributed by atoms with Gasteiger partial charge in [-0.25, -0.2) is 0 Å². The highest BCUT2D eigenvalue weighted by molar-refractivity contribution is 7.89. The zero-order valence-electron chi connectivity index (χ0n) is 13.8. The van der Waals surface area contributed by atoms with Crippen molar-refractivity contribution in [1.82, 2.24) is 0 Å². The first-order valence-corrected chi connectivity index (χ1v) is 11.9. The Kier molecular flexibility index (Phi) is 5.46. The fourth-order valence-corrected chi connectivity index (χ4v) is 7.46. The Morgan fingerprint density at radius 2 is 0.926 bits per heavy atom. The van der Waals surface area contributed by atoms with Crippen molar-refractivity contribution >= 4 is 44.1 Å². The number of rotatable bonds is 5. The van der Waals surface area contributed by atoms with Gasteiger partial charge in [-0.05, 0) is 25.4 Å². The molecule has 0 unspecified atom stereocenters. The van der Waals surface area contributed by atoms with Crippen molar-refractivity contribution in [3.05, 3.63) is 78.9 Å². The summed E-state index contributed by atoms with van der Waals surface area (Å²) < 4.78 is 66.9. The number of hydrogen-bond acceptors (Lipinski definition) is 4. The Bertz CT molecular complexity index is 1100. The minimum absolute atomic E-state index is 0.261. The summed E-state index contributed by atoms with van der Waals surface area (Å²) in [6, 6.07) is 20.5. The predicted molar refractivity (Wildman–Crippen MR) is 105 cm³/mol. The van der Waals surface area contributed by atoms with Crippen molar-refractivity contribution in [1.29, 1.82) is 0 Å². The van der Waals surface area contributed by atoms with Crippen molar-refractivity contribution in [3.63, 3.8) is 0 Å². The second-order valence-electron chi connectivity index (χ2n) is 5.56. The molecule has 2 N–H and O–H groups in total. The minimum atomic E-state index is -4.54. The molecule has 3 rings (SSSR count). The predicted octanol–water partition coefficient (Wildman–Crippen LogP) is 1.94. The van der Waals surface area contributed by atoms with Gasteiger partial charge < -0.3 is 0 Å². The van der Waals surface area contributed by atoms with Gasteiger partial charge in [0.25, 0.3) is 20.2 Å². The monoisotopic (exact) mass is 422 g/mol. The third kappa shape index (κ3) is 4.26. The molecule has 0 fully saturated rings. The van der Waals surface area contributed by atoms with Gasteiger partial charge in [0.2, 0.25) is 0 Å². The lowest BCUT2D eigenvalue weighted by Gasteiger charge is -2.22. The van der Waals surface area contributed by atoms with Crippen molar-refractivity contribution < 1.29 is 25.9 Å². The summed E-state index contributed by atoms with van der Waals surface area (Å²) in [5, 5.41) is 1.19. The van der Waals surface area contributed by atoms with Crippen LogP contribution in [-0.2, 0) is 20.2 Å². The molecule has 0 saturated carbocycles. The van der Waals surface area contributed by atoms with Crippen LogP contribution in [-0.4, -0.2) is 25.9 Å². The van der Waals surface area contributed by atoms with Crippen LogP contribution < -0.4 is 15.9 Å². The lowest BCUT2D eigenvalue weighted by molar-refractivity contribution is 0.482. The molecule has 0 radical (unpaired) electrons. The largest absolute Gasteiger partial charge is 0.295 e. The second kappa shape index (κ2) is 7.50. The van der Waals surface area contributed by atoms with Crippen LogP contribution in [0.1, 0.15) is 0 Å². The molecule has 6 nitrogen and oxygen atoms in total. The Morgan fingerprint density at radius 1 is 0.556 bits per heavy atom. The lowest BCUT2D eigenvalue weighted by Crippen LogP contribution is -2.27. The molecule has 0 amide bonds. The van der Waals surface area contributed by atoms with E-state index in [2.05, 4.69) is 0 Å². The van der Waals surface area contributed by atoms with Crippen molar-refractivity contribution in [2.75, 3.05) is 0 Å². The van der Waals surface area contributed by atoms with Crippen molar-refractivity contribution in [2.24, 2.45) is 0 Å². The van der Waals surface area contributed by atoms with E-state index in [4.69, 9.17) is 0 Å². The summed E-state index contributed by atoms with van der Waals surface area (Å²) in [6.45, 7) is 0. The fourth-order valence-electron chi connectivity index (χ4n) is 2.71. The molecular weight excluding hydrogens is 407 g/mol. The third-order valence-electron chi connectivity index (χ3n) is 3.78. The first kappa shape index (κ1) is 19.7. The fraction of sp³-hybridized carbons (Fsp3) is 0. The molecule has 0 heterocycles. The molecule has 140 valence electrons. The van der Waals surface area contributed by atoms with Gasteiger partial charge >= 0.3 is 0 Å². The topological polar surface area (TPSA) is 109 Å². The van der Waals surface area contributed by atoms with E-state index in [0.29, 0.717) is 5.30 Å². The average molecular weight is 422 g/mol. The molecule has 0 aromatic heterocycles. The quantitative estimate of drug-likeness (QED) is 0.481. The van der Waals surface area contributed by atoms with Gasteiger partial charge in [0.1, 0.15) is 9.79 Å². The van der Waals surface area contributed by atoms with Crippen LogP contribution in [0.4, 0.5) is 0 Å². The Morgan fingerprint density at radius 3 is 1.33 bits per heavy atom. The van der Waals surface area contributed by atoms with Crippen LogP contribution in [0, 0.1) is 0 Å². The summed E-state index contributed by atoms with van der Waals surface area (Å²) in [6.07, 6.45) is 0. The first-order chi connectivity index (χ1) is 12.7. The van der Waals surface area contributed by atoms with E-state index in [1.54, 1.807) is 42.5 Å². The van der Waals surface area contributed by atoms with Crippen LogP contribution in [0.25, 0.3) is 0 Å². The molecule has 3 aromatic carbocycles. The highest BCUT2D eigenvalue weighted by atomic mass is 32.2. The molecule has 3 aromatic rings. The van der Waals surface area contributed by atoms with Gasteiger partial charge in [0.05, 0.1) is 0 Å². The van der Waals surface area contributed by atoms with Crippen molar-refractivity contribution in [2.45, 2.75) is 9.79 Å². The van der Waals surface area contributed by atoms with Gasteiger partial charge in [-0.2, -0.15) is 16.8 Å². The molecule has 0 aliphatic carbocycles. The molecule has 0 spiro atoms. The molecule has 0 atom stereocenters. The van der Waals surface area contributed by atoms with E-state index < -0.39 is 28.2 Å². The van der Waals surface area contributed by atoms with Gasteiger partial charge in [0, 0.05) is 10.6 Å². The first-order valence-electron chi connectivity index (χ1n) is 7.68. The van der Waals surface area contributed by atoms with Gasteiger partial charge in [-0.3, -0.25) is 9.11 Å². The summed E-state index contributed by atoms with van der Waals surface area (Å²) in [5.74, 6) is 0. The van der Waals surface area contributed by atoms with Gasteiger partial charge in [0.15, 0.2) is 0 Å². The standard InChI is InChI=1S/C18H15O6PS2/c19-26(20,21)17-12-6-4-10-15(17)25(14-8-2-1-3-9-14)16-11-5-7-13-18(16)27(22,23)24/h1-13H,(H,19,20,21)(H,22,23,24). The average Bonchev–Trinajstić information content (AvgIpc) is 2.62. The highest BCUT2D eigenvalue weighted by Gasteiger charge is 2.28. The molecule has 0 aliphatic heterocycles. The Balaban J connectivity index is 2.39. The molecule has 0 aliphatic rings. The zero-order valence-corrected chi connectivity index (χ0v) is 16.3. The van der Waals surface area contributed by atoms with E-state index >= 15 is 0 Å². The van der Waals surface area contributed by atoms with Crippen molar-refractivity contribution in [3.8, 4) is 0 Å². The maximum Gasteiger partial charge on any atom is 0.295 e. The molecule has 0 saturated heterocycles. The van der Waals surface area contributed by atoms with E-state index in [-0.39, 0.29) is 20.4 Å². The SMILES string of the molecule is O=S(=O)(O)c1ccccc1P(c1ccccc1)c1ccccc1S(=O)(=O)O. The maximum atomic E-state index is 11.9. The minimum Gasteiger partial charge on any atom is -0.282 e. The van der Waals surface area contributed by atoms with E-state index in [1.165, 1.54) is 36.4 Å². The molecule has 27 heavy (non-hydrogen) atoms. The zero-order chi connectivity index (χ0) is 19.7. The van der Waals surface area contributed by atoms with Crippen LogP contribution in [0.5, 0.6) is 0 Å². The Labute approximate surface area is 158 Å². The number of hydrogen-bond donors (Lipinski definition) is 2. The highest BCUT2D eigenvalue weighted by Crippen LogP contribution is 2.37. The summed E-state index contributed by atoms with van der Waals surface area (Å²) in [7, 11) is -10.8. The molecular formula is C18H15O6PS2. The normalized spacial score (nSPS) is 12.3. The van der Waals surface area contributed by atoms with Crippen LogP contribution >= 0.6 is 7.92 Å². The molecule has 0 bridgehead atoms. The summed E-state index contributed by atoms with van der Waals surface area (Å²) in [4.78, 5) is -0.602. The summed E-state index contributed by atoms with van der Waals surface area (Å²) in [5.41, 5.74) is 0. The Hall–Kier alpha value is -2.09. The lowest BCUT2D eigenvalue weighted by atomic mass is 10.3. The van der Waals surface area contributed by atoms with Gasteiger partial charge in [-0.1, -0.05) is 66.7 Å². The van der Waals surface area contributed by atoms with Crippen LogP contribution in [0.3, 0.4) is 0 Å².